The third kappa shape index (κ3) is 2.90. The Bertz CT molecular complexity index is 698. The van der Waals surface area contributed by atoms with Crippen molar-refractivity contribution in [1.29, 1.82) is 0 Å². The summed E-state index contributed by atoms with van der Waals surface area (Å²) in [5.41, 5.74) is 1.15. The number of hydrogen-bond donors (Lipinski definition) is 1. The molecule has 1 aromatic carbocycles. The van der Waals surface area contributed by atoms with E-state index in [4.69, 9.17) is 0 Å². The van der Waals surface area contributed by atoms with E-state index in [1.807, 2.05) is 4.90 Å². The molecule has 0 aromatic heterocycles. The van der Waals surface area contributed by atoms with E-state index in [-0.39, 0.29) is 29.5 Å². The van der Waals surface area contributed by atoms with E-state index < -0.39 is 0 Å². The van der Waals surface area contributed by atoms with Crippen molar-refractivity contribution >= 4 is 11.8 Å². The van der Waals surface area contributed by atoms with Crippen LogP contribution in [0.2, 0.25) is 0 Å². The molecule has 2 amide bonds. The quantitative estimate of drug-likeness (QED) is 0.918. The standard InChI is InChI=1S/C20H26N2O3/c1-13-17(6-3-7-18(13)23)20(25)21-11-15-8-9-16(12-21)22(19(15)24)10-14-4-2-5-14/h3,6-7,14-16,23H,2,4-5,8-12H2,1H3/t15-,16+/m0/s1. The summed E-state index contributed by atoms with van der Waals surface area (Å²) < 4.78 is 0. The molecule has 5 heteroatoms. The summed E-state index contributed by atoms with van der Waals surface area (Å²) in [5.74, 6) is 0.905. The first-order valence-corrected chi connectivity index (χ1v) is 9.43. The molecule has 25 heavy (non-hydrogen) atoms. The van der Waals surface area contributed by atoms with E-state index in [1.54, 1.807) is 25.1 Å². The van der Waals surface area contributed by atoms with Gasteiger partial charge in [-0.3, -0.25) is 9.59 Å². The van der Waals surface area contributed by atoms with Crippen LogP contribution in [0, 0.1) is 18.8 Å². The smallest absolute Gasteiger partial charge is 0.254 e. The van der Waals surface area contributed by atoms with Crippen molar-refractivity contribution < 1.29 is 14.7 Å². The van der Waals surface area contributed by atoms with Gasteiger partial charge in [0, 0.05) is 36.8 Å². The third-order valence-electron chi connectivity index (χ3n) is 6.30. The van der Waals surface area contributed by atoms with Gasteiger partial charge in [-0.25, -0.2) is 0 Å². The maximum Gasteiger partial charge on any atom is 0.254 e. The lowest BCUT2D eigenvalue weighted by Gasteiger charge is -2.40. The van der Waals surface area contributed by atoms with Gasteiger partial charge >= 0.3 is 0 Å². The van der Waals surface area contributed by atoms with Crippen molar-refractivity contribution in [2.45, 2.75) is 45.1 Å². The van der Waals surface area contributed by atoms with Gasteiger partial charge in [-0.2, -0.15) is 0 Å². The van der Waals surface area contributed by atoms with Crippen LogP contribution in [0.15, 0.2) is 18.2 Å². The molecule has 134 valence electrons. The van der Waals surface area contributed by atoms with Gasteiger partial charge in [-0.1, -0.05) is 12.5 Å². The van der Waals surface area contributed by atoms with Crippen molar-refractivity contribution in [3.05, 3.63) is 29.3 Å². The SMILES string of the molecule is Cc1c(O)cccc1C(=O)N1C[C@@H]2CC[C@H](C1)N(CC1CCC1)C2=O. The molecule has 1 saturated carbocycles. The third-order valence-corrected chi connectivity index (χ3v) is 6.30. The van der Waals surface area contributed by atoms with Crippen molar-refractivity contribution in [1.82, 2.24) is 9.80 Å². The highest BCUT2D eigenvalue weighted by atomic mass is 16.3. The summed E-state index contributed by atoms with van der Waals surface area (Å²) in [6.07, 6.45) is 5.61. The van der Waals surface area contributed by atoms with Gasteiger partial charge in [0.05, 0.1) is 5.92 Å². The van der Waals surface area contributed by atoms with Crippen molar-refractivity contribution in [3.63, 3.8) is 0 Å². The predicted molar refractivity (Wildman–Crippen MR) is 94.3 cm³/mol. The van der Waals surface area contributed by atoms with Crippen molar-refractivity contribution in [3.8, 4) is 5.75 Å². The average molecular weight is 342 g/mol. The van der Waals surface area contributed by atoms with Gasteiger partial charge in [0.25, 0.3) is 5.91 Å². The maximum atomic E-state index is 13.0. The zero-order valence-electron chi connectivity index (χ0n) is 14.8. The molecule has 0 unspecified atom stereocenters. The molecule has 3 saturated heterocycles. The molecule has 5 nitrogen and oxygen atoms in total. The molecule has 0 spiro atoms. The molecule has 1 aliphatic carbocycles. The molecule has 5 rings (SSSR count). The highest BCUT2D eigenvalue weighted by molar-refractivity contribution is 5.97. The highest BCUT2D eigenvalue weighted by Gasteiger charge is 2.43. The molecular formula is C20H26N2O3. The summed E-state index contributed by atoms with van der Waals surface area (Å²) in [7, 11) is 0. The Kier molecular flexibility index (Phi) is 4.18. The Morgan fingerprint density at radius 1 is 1.20 bits per heavy atom. The molecule has 3 aliphatic heterocycles. The van der Waals surface area contributed by atoms with Gasteiger partial charge in [-0.15, -0.1) is 0 Å². The summed E-state index contributed by atoms with van der Waals surface area (Å²) in [5, 5.41) is 9.90. The fourth-order valence-corrected chi connectivity index (χ4v) is 4.43. The summed E-state index contributed by atoms with van der Waals surface area (Å²) in [4.78, 5) is 29.8. The van der Waals surface area contributed by atoms with Crippen LogP contribution in [-0.4, -0.2) is 52.4 Å². The van der Waals surface area contributed by atoms with E-state index in [0.29, 0.717) is 30.1 Å². The van der Waals surface area contributed by atoms with Crippen LogP contribution in [0.1, 0.15) is 48.0 Å². The lowest BCUT2D eigenvalue weighted by Crippen LogP contribution is -2.50. The summed E-state index contributed by atoms with van der Waals surface area (Å²) in [6, 6.07) is 5.21. The number of piperidine rings is 1. The molecule has 4 fully saturated rings. The minimum Gasteiger partial charge on any atom is -0.508 e. The lowest BCUT2D eigenvalue weighted by atomic mass is 9.83. The molecule has 2 atom stereocenters. The molecule has 2 bridgehead atoms. The fraction of sp³-hybridized carbons (Fsp3) is 0.600. The van der Waals surface area contributed by atoms with Crippen LogP contribution in [0.4, 0.5) is 0 Å². The Morgan fingerprint density at radius 2 is 2.00 bits per heavy atom. The zero-order chi connectivity index (χ0) is 17.6. The van der Waals surface area contributed by atoms with E-state index in [2.05, 4.69) is 4.90 Å². The highest BCUT2D eigenvalue weighted by Crippen LogP contribution is 2.34. The summed E-state index contributed by atoms with van der Waals surface area (Å²) in [6.45, 7) is 3.75. The first-order chi connectivity index (χ1) is 12.0. The number of amides is 2. The largest absolute Gasteiger partial charge is 0.508 e. The Labute approximate surface area is 148 Å². The summed E-state index contributed by atoms with van der Waals surface area (Å²) >= 11 is 0. The second-order valence-electron chi connectivity index (χ2n) is 7.88. The minimum atomic E-state index is -0.0691. The maximum absolute atomic E-state index is 13.0. The fourth-order valence-electron chi connectivity index (χ4n) is 4.43. The minimum absolute atomic E-state index is 0.0661. The van der Waals surface area contributed by atoms with E-state index >= 15 is 0 Å². The predicted octanol–water partition coefficient (Wildman–Crippen LogP) is 2.56. The normalized spacial score (nSPS) is 26.5. The van der Waals surface area contributed by atoms with Gasteiger partial charge in [-0.05, 0) is 50.7 Å². The lowest BCUT2D eigenvalue weighted by molar-refractivity contribution is -0.141. The first kappa shape index (κ1) is 16.4. The van der Waals surface area contributed by atoms with E-state index in [9.17, 15) is 14.7 Å². The second-order valence-corrected chi connectivity index (χ2v) is 7.88. The molecule has 1 N–H and O–H groups in total. The zero-order valence-corrected chi connectivity index (χ0v) is 14.8. The number of fused-ring (bicyclic) bond motifs is 4. The Morgan fingerprint density at radius 3 is 2.72 bits per heavy atom. The Balaban J connectivity index is 1.55. The number of carbonyl (C=O) groups is 2. The molecular weight excluding hydrogens is 316 g/mol. The average Bonchev–Trinajstić information content (AvgIpc) is 2.84. The van der Waals surface area contributed by atoms with Crippen LogP contribution < -0.4 is 0 Å². The molecule has 4 aliphatic rings. The molecule has 1 aromatic rings. The number of carbonyl (C=O) groups excluding carboxylic acids is 2. The van der Waals surface area contributed by atoms with Gasteiger partial charge < -0.3 is 14.9 Å². The number of nitrogens with zero attached hydrogens (tertiary/aromatic N) is 2. The number of hydrogen-bond acceptors (Lipinski definition) is 3. The van der Waals surface area contributed by atoms with Gasteiger partial charge in [0.15, 0.2) is 0 Å². The number of aromatic hydroxyl groups is 1. The Hall–Kier alpha value is -2.04. The number of benzene rings is 1. The van der Waals surface area contributed by atoms with Gasteiger partial charge in [0.1, 0.15) is 5.75 Å². The van der Waals surface area contributed by atoms with E-state index in [0.717, 1.165) is 19.4 Å². The number of rotatable bonds is 3. The molecule has 3 heterocycles. The monoisotopic (exact) mass is 342 g/mol. The number of phenolic OH excluding ortho intramolecular Hbond substituents is 1. The first-order valence-electron chi connectivity index (χ1n) is 9.43. The van der Waals surface area contributed by atoms with Crippen LogP contribution >= 0.6 is 0 Å². The molecule has 0 radical (unpaired) electrons. The number of phenols is 1. The van der Waals surface area contributed by atoms with Crippen LogP contribution in [0.3, 0.4) is 0 Å². The van der Waals surface area contributed by atoms with Crippen LogP contribution in [-0.2, 0) is 4.79 Å². The van der Waals surface area contributed by atoms with Crippen LogP contribution in [0.5, 0.6) is 5.75 Å². The van der Waals surface area contributed by atoms with E-state index in [1.165, 1.54) is 19.3 Å². The van der Waals surface area contributed by atoms with Gasteiger partial charge in [0.2, 0.25) is 5.91 Å². The van der Waals surface area contributed by atoms with Crippen LogP contribution in [0.25, 0.3) is 0 Å². The van der Waals surface area contributed by atoms with Crippen molar-refractivity contribution in [2.75, 3.05) is 19.6 Å². The second kappa shape index (κ2) is 6.36. The van der Waals surface area contributed by atoms with Crippen molar-refractivity contribution in [2.24, 2.45) is 11.8 Å². The topological polar surface area (TPSA) is 60.9 Å².